The van der Waals surface area contributed by atoms with E-state index in [0.717, 1.165) is 27.1 Å². The lowest BCUT2D eigenvalue weighted by Gasteiger charge is -2.05. The van der Waals surface area contributed by atoms with E-state index in [1.54, 1.807) is 26.9 Å². The van der Waals surface area contributed by atoms with Crippen LogP contribution in [0.5, 0.6) is 0 Å². The number of rotatable bonds is 6. The van der Waals surface area contributed by atoms with E-state index in [0.29, 0.717) is 27.5 Å². The molecule has 4 aromatic heterocycles. The molecule has 1 amide bonds. The van der Waals surface area contributed by atoms with Gasteiger partial charge in [-0.1, -0.05) is 29.8 Å². The summed E-state index contributed by atoms with van der Waals surface area (Å²) in [5.41, 5.74) is 3.64. The van der Waals surface area contributed by atoms with Gasteiger partial charge in [-0.15, -0.1) is 11.3 Å². The lowest BCUT2D eigenvalue weighted by molar-refractivity contribution is -0.116. The molecule has 1 aromatic carbocycles. The van der Waals surface area contributed by atoms with Gasteiger partial charge in [-0.3, -0.25) is 9.48 Å². The average molecular weight is 542 g/mol. The van der Waals surface area contributed by atoms with Crippen LogP contribution in [0.3, 0.4) is 0 Å². The lowest BCUT2D eigenvalue weighted by Crippen LogP contribution is -2.20. The molecule has 0 fully saturated rings. The predicted molar refractivity (Wildman–Crippen MR) is 135 cm³/mol. The van der Waals surface area contributed by atoms with Crippen LogP contribution in [0.1, 0.15) is 11.3 Å². The Bertz CT molecular complexity index is 1440. The SMILES string of the molecule is Cc1nn(CC(=O)Nc2nn(Cc3ccc(Cl)cc3)cc2Br)c2nccc(-c3cccs3)c12. The largest absolute Gasteiger partial charge is 0.307 e. The monoisotopic (exact) mass is 540 g/mol. The van der Waals surface area contributed by atoms with Crippen molar-refractivity contribution < 1.29 is 4.79 Å². The molecule has 5 rings (SSSR count). The minimum absolute atomic E-state index is 0.0295. The van der Waals surface area contributed by atoms with Gasteiger partial charge in [-0.25, -0.2) is 9.67 Å². The third kappa shape index (κ3) is 4.57. The van der Waals surface area contributed by atoms with Crippen molar-refractivity contribution >= 4 is 61.6 Å². The minimum Gasteiger partial charge on any atom is -0.307 e. The van der Waals surface area contributed by atoms with E-state index in [4.69, 9.17) is 11.6 Å². The fourth-order valence-electron chi connectivity index (χ4n) is 3.68. The molecule has 0 unspecified atom stereocenters. The van der Waals surface area contributed by atoms with Crippen molar-refractivity contribution in [3.05, 3.63) is 81.0 Å². The average Bonchev–Trinajstić information content (AvgIpc) is 3.51. The Hall–Kier alpha value is -3.01. The van der Waals surface area contributed by atoms with Crippen molar-refractivity contribution in [3.63, 3.8) is 0 Å². The zero-order valence-corrected chi connectivity index (χ0v) is 20.7. The highest BCUT2D eigenvalue weighted by Gasteiger charge is 2.17. The third-order valence-electron chi connectivity index (χ3n) is 5.12. The molecule has 0 aliphatic carbocycles. The third-order valence-corrected chi connectivity index (χ3v) is 6.86. The van der Waals surface area contributed by atoms with Crippen molar-refractivity contribution in [2.75, 3.05) is 5.32 Å². The van der Waals surface area contributed by atoms with Crippen LogP contribution in [-0.4, -0.2) is 30.5 Å². The zero-order chi connectivity index (χ0) is 22.9. The number of hydrogen-bond donors (Lipinski definition) is 1. The van der Waals surface area contributed by atoms with Crippen molar-refractivity contribution in [1.29, 1.82) is 0 Å². The van der Waals surface area contributed by atoms with Crippen LogP contribution in [-0.2, 0) is 17.9 Å². The molecule has 5 aromatic rings. The van der Waals surface area contributed by atoms with Gasteiger partial charge in [-0.2, -0.15) is 10.2 Å². The Balaban J connectivity index is 1.34. The van der Waals surface area contributed by atoms with E-state index >= 15 is 0 Å². The molecule has 166 valence electrons. The summed E-state index contributed by atoms with van der Waals surface area (Å²) in [4.78, 5) is 18.5. The second-order valence-corrected chi connectivity index (χ2v) is 9.71. The molecule has 0 saturated carbocycles. The van der Waals surface area contributed by atoms with Crippen molar-refractivity contribution in [2.24, 2.45) is 0 Å². The number of benzene rings is 1. The molecule has 0 aliphatic rings. The molecule has 0 spiro atoms. The van der Waals surface area contributed by atoms with Crippen LogP contribution in [0.4, 0.5) is 5.82 Å². The van der Waals surface area contributed by atoms with Crippen LogP contribution >= 0.6 is 38.9 Å². The number of fused-ring (bicyclic) bond motifs is 1. The standard InChI is InChI=1S/C23H18BrClN6OS/c1-14-21-17(19-3-2-10-33-19)8-9-26-23(21)31(28-14)13-20(32)27-22-18(24)12-30(29-22)11-15-4-6-16(25)7-5-15/h2-10,12H,11,13H2,1H3,(H,27,29,32). The van der Waals surface area contributed by atoms with Gasteiger partial charge in [0.25, 0.3) is 0 Å². The highest BCUT2D eigenvalue weighted by molar-refractivity contribution is 9.10. The van der Waals surface area contributed by atoms with E-state index in [1.165, 1.54) is 0 Å². The van der Waals surface area contributed by atoms with Crippen LogP contribution in [0.15, 0.2) is 64.7 Å². The molecule has 0 atom stereocenters. The maximum absolute atomic E-state index is 12.8. The van der Waals surface area contributed by atoms with E-state index < -0.39 is 0 Å². The molecule has 0 radical (unpaired) electrons. The minimum atomic E-state index is -0.236. The van der Waals surface area contributed by atoms with E-state index in [9.17, 15) is 4.79 Å². The first kappa shape index (κ1) is 21.8. The molecule has 0 aliphatic heterocycles. The fourth-order valence-corrected chi connectivity index (χ4v) is 4.97. The first-order chi connectivity index (χ1) is 16.0. The van der Waals surface area contributed by atoms with E-state index in [2.05, 4.69) is 42.5 Å². The summed E-state index contributed by atoms with van der Waals surface area (Å²) in [5.74, 6) is 0.217. The molecule has 0 saturated heterocycles. The number of nitrogens with one attached hydrogen (secondary N) is 1. The number of aromatic nitrogens is 5. The predicted octanol–water partition coefficient (Wildman–Crippen LogP) is 5.77. The smallest absolute Gasteiger partial charge is 0.247 e. The van der Waals surface area contributed by atoms with E-state index in [-0.39, 0.29) is 12.5 Å². The lowest BCUT2D eigenvalue weighted by atomic mass is 10.1. The Kier molecular flexibility index (Phi) is 6.01. The summed E-state index contributed by atoms with van der Waals surface area (Å²) in [7, 11) is 0. The van der Waals surface area contributed by atoms with Gasteiger partial charge in [-0.05, 0) is 58.1 Å². The summed E-state index contributed by atoms with van der Waals surface area (Å²) < 4.78 is 4.09. The van der Waals surface area contributed by atoms with Gasteiger partial charge in [0.05, 0.1) is 22.1 Å². The quantitative estimate of drug-likeness (QED) is 0.296. The summed E-state index contributed by atoms with van der Waals surface area (Å²) in [6, 6.07) is 13.6. The molecule has 0 bridgehead atoms. The first-order valence-corrected chi connectivity index (χ1v) is 12.2. The van der Waals surface area contributed by atoms with Crippen molar-refractivity contribution in [2.45, 2.75) is 20.0 Å². The number of aryl methyl sites for hydroxylation is 1. The Morgan fingerprint density at radius 3 is 2.76 bits per heavy atom. The van der Waals surface area contributed by atoms with Crippen LogP contribution in [0, 0.1) is 6.92 Å². The number of carbonyl (C=O) groups is 1. The molecular weight excluding hydrogens is 524 g/mol. The van der Waals surface area contributed by atoms with Gasteiger partial charge in [0, 0.05) is 27.9 Å². The van der Waals surface area contributed by atoms with Gasteiger partial charge >= 0.3 is 0 Å². The molecule has 33 heavy (non-hydrogen) atoms. The molecule has 4 heterocycles. The number of hydrogen-bond acceptors (Lipinski definition) is 5. The number of halogens is 2. The number of nitrogens with zero attached hydrogens (tertiary/aromatic N) is 5. The molecule has 10 heteroatoms. The summed E-state index contributed by atoms with van der Waals surface area (Å²) >= 11 is 11.1. The molecular formula is C23H18BrClN6OS. The normalized spacial score (nSPS) is 11.2. The van der Waals surface area contributed by atoms with Gasteiger partial charge < -0.3 is 5.32 Å². The van der Waals surface area contributed by atoms with Crippen LogP contribution < -0.4 is 5.32 Å². The number of amides is 1. The van der Waals surface area contributed by atoms with Gasteiger partial charge in [0.15, 0.2) is 11.5 Å². The fraction of sp³-hybridized carbons (Fsp3) is 0.130. The highest BCUT2D eigenvalue weighted by atomic mass is 79.9. The first-order valence-electron chi connectivity index (χ1n) is 10.1. The topological polar surface area (TPSA) is 77.6 Å². The number of thiophene rings is 1. The van der Waals surface area contributed by atoms with Crippen molar-refractivity contribution in [3.8, 4) is 10.4 Å². The molecule has 1 N–H and O–H groups in total. The second-order valence-electron chi connectivity index (χ2n) is 7.48. The Labute approximate surface area is 207 Å². The zero-order valence-electron chi connectivity index (χ0n) is 17.5. The highest BCUT2D eigenvalue weighted by Crippen LogP contribution is 2.32. The summed E-state index contributed by atoms with van der Waals surface area (Å²) in [6.07, 6.45) is 3.58. The maximum Gasteiger partial charge on any atom is 0.247 e. The molecule has 7 nitrogen and oxygen atoms in total. The number of anilines is 1. The Morgan fingerprint density at radius 2 is 2.00 bits per heavy atom. The maximum atomic E-state index is 12.8. The van der Waals surface area contributed by atoms with Crippen molar-refractivity contribution in [1.82, 2.24) is 24.5 Å². The summed E-state index contributed by atoms with van der Waals surface area (Å²) in [5, 5.41) is 15.6. The van der Waals surface area contributed by atoms with Crippen LogP contribution in [0.2, 0.25) is 5.02 Å². The van der Waals surface area contributed by atoms with E-state index in [1.807, 2.05) is 54.9 Å². The van der Waals surface area contributed by atoms with Gasteiger partial charge in [0.2, 0.25) is 5.91 Å². The second kappa shape index (κ2) is 9.09. The number of pyridine rings is 1. The van der Waals surface area contributed by atoms with Gasteiger partial charge in [0.1, 0.15) is 6.54 Å². The van der Waals surface area contributed by atoms with Crippen LogP contribution in [0.25, 0.3) is 21.5 Å². The Morgan fingerprint density at radius 1 is 1.18 bits per heavy atom. The summed E-state index contributed by atoms with van der Waals surface area (Å²) in [6.45, 7) is 2.52. The number of carbonyl (C=O) groups excluding carboxylic acids is 1.